The Hall–Kier alpha value is -1.77. The molecular weight excluding hydrogens is 260 g/mol. The van der Waals surface area contributed by atoms with Crippen molar-refractivity contribution in [2.75, 3.05) is 0 Å². The predicted octanol–water partition coefficient (Wildman–Crippen LogP) is 4.56. The lowest BCUT2D eigenvalue weighted by atomic mass is 9.78. The Bertz CT molecular complexity index is 684. The quantitative estimate of drug-likeness (QED) is 0.770. The predicted molar refractivity (Wildman–Crippen MR) is 85.8 cm³/mol. The zero-order valence-electron chi connectivity index (χ0n) is 13.8. The molecular formula is C18H24N2O. The highest BCUT2D eigenvalue weighted by Crippen LogP contribution is 2.45. The normalized spacial score (nSPS) is 14.4. The second-order valence-electron chi connectivity index (χ2n) is 7.96. The zero-order valence-corrected chi connectivity index (χ0v) is 13.8. The smallest absolute Gasteiger partial charge is 0.132 e. The second kappa shape index (κ2) is 4.36. The van der Waals surface area contributed by atoms with Crippen molar-refractivity contribution < 1.29 is 4.74 Å². The summed E-state index contributed by atoms with van der Waals surface area (Å²) in [5.74, 6) is 1.01. The topological polar surface area (TPSA) is 37.9 Å². The summed E-state index contributed by atoms with van der Waals surface area (Å²) in [5.41, 5.74) is 6.13. The Labute approximate surface area is 126 Å². The summed E-state index contributed by atoms with van der Waals surface area (Å²) >= 11 is 0. The SMILES string of the molecule is CC(C)(C)c1cc2c(c(C(C)(C)C)c1)OCc1cn[nH]c1-2. The number of nitrogens with zero attached hydrogens (tertiary/aromatic N) is 1. The third-order valence-corrected chi connectivity index (χ3v) is 4.12. The van der Waals surface area contributed by atoms with E-state index in [1.54, 1.807) is 0 Å². The van der Waals surface area contributed by atoms with E-state index >= 15 is 0 Å². The molecule has 3 heteroatoms. The fourth-order valence-electron chi connectivity index (χ4n) is 2.76. The third-order valence-electron chi connectivity index (χ3n) is 4.12. The van der Waals surface area contributed by atoms with Crippen LogP contribution in [0.1, 0.15) is 58.2 Å². The van der Waals surface area contributed by atoms with Crippen molar-refractivity contribution in [3.8, 4) is 17.0 Å². The van der Waals surface area contributed by atoms with Gasteiger partial charge in [-0.2, -0.15) is 5.10 Å². The number of nitrogens with one attached hydrogen (secondary N) is 1. The molecule has 0 saturated carbocycles. The van der Waals surface area contributed by atoms with Gasteiger partial charge in [0.25, 0.3) is 0 Å². The Morgan fingerprint density at radius 2 is 1.76 bits per heavy atom. The number of fused-ring (bicyclic) bond motifs is 3. The van der Waals surface area contributed by atoms with Crippen LogP contribution in [0.4, 0.5) is 0 Å². The number of hydrogen-bond donors (Lipinski definition) is 1. The summed E-state index contributed by atoms with van der Waals surface area (Å²) in [6.07, 6.45) is 1.86. The third kappa shape index (κ3) is 2.35. The molecule has 0 spiro atoms. The van der Waals surface area contributed by atoms with Crippen molar-refractivity contribution in [3.05, 3.63) is 35.0 Å². The molecule has 1 aromatic carbocycles. The van der Waals surface area contributed by atoms with Crippen LogP contribution in [0.5, 0.6) is 5.75 Å². The van der Waals surface area contributed by atoms with E-state index in [0.29, 0.717) is 6.61 Å². The fraction of sp³-hybridized carbons (Fsp3) is 0.500. The summed E-state index contributed by atoms with van der Waals surface area (Å²) < 4.78 is 6.07. The maximum absolute atomic E-state index is 6.07. The van der Waals surface area contributed by atoms with Gasteiger partial charge in [0.15, 0.2) is 0 Å². The Balaban J connectivity index is 2.32. The minimum atomic E-state index is 0.0445. The molecule has 0 bridgehead atoms. The molecule has 21 heavy (non-hydrogen) atoms. The summed E-state index contributed by atoms with van der Waals surface area (Å²) in [6, 6.07) is 4.56. The molecule has 2 aromatic rings. The van der Waals surface area contributed by atoms with Gasteiger partial charge in [-0.3, -0.25) is 5.10 Å². The summed E-state index contributed by atoms with van der Waals surface area (Å²) in [6.45, 7) is 14.1. The van der Waals surface area contributed by atoms with Crippen molar-refractivity contribution in [2.24, 2.45) is 0 Å². The van der Waals surface area contributed by atoms with Crippen LogP contribution in [0.2, 0.25) is 0 Å². The summed E-state index contributed by atoms with van der Waals surface area (Å²) in [4.78, 5) is 0. The lowest BCUT2D eigenvalue weighted by molar-refractivity contribution is 0.293. The van der Waals surface area contributed by atoms with Crippen LogP contribution in [-0.4, -0.2) is 10.2 Å². The Morgan fingerprint density at radius 1 is 1.05 bits per heavy atom. The summed E-state index contributed by atoms with van der Waals surface area (Å²) in [7, 11) is 0. The first-order chi connectivity index (χ1) is 9.68. The number of aromatic nitrogens is 2. The highest BCUT2D eigenvalue weighted by Gasteiger charge is 2.30. The van der Waals surface area contributed by atoms with Gasteiger partial charge in [0.2, 0.25) is 0 Å². The van der Waals surface area contributed by atoms with Gasteiger partial charge < -0.3 is 4.74 Å². The highest BCUT2D eigenvalue weighted by atomic mass is 16.5. The van der Waals surface area contributed by atoms with Crippen molar-refractivity contribution in [3.63, 3.8) is 0 Å². The molecule has 1 aliphatic rings. The maximum Gasteiger partial charge on any atom is 0.132 e. The zero-order chi connectivity index (χ0) is 15.4. The number of rotatable bonds is 0. The number of ether oxygens (including phenoxy) is 1. The van der Waals surface area contributed by atoms with Crippen LogP contribution < -0.4 is 4.74 Å². The molecule has 2 heterocycles. The molecule has 0 aliphatic carbocycles. The molecule has 1 N–H and O–H groups in total. The number of aromatic amines is 1. The van der Waals surface area contributed by atoms with E-state index in [-0.39, 0.29) is 10.8 Å². The molecule has 112 valence electrons. The van der Waals surface area contributed by atoms with Gasteiger partial charge >= 0.3 is 0 Å². The number of benzene rings is 1. The minimum absolute atomic E-state index is 0.0445. The standard InChI is InChI=1S/C18H24N2O/c1-17(2,3)12-7-13-15-11(9-19-20-15)10-21-16(13)14(8-12)18(4,5)6/h7-9H,10H2,1-6H3,(H,19,20). The van der Waals surface area contributed by atoms with Crippen LogP contribution in [0.3, 0.4) is 0 Å². The van der Waals surface area contributed by atoms with E-state index in [4.69, 9.17) is 4.74 Å². The fourth-order valence-corrected chi connectivity index (χ4v) is 2.76. The molecule has 3 rings (SSSR count). The second-order valence-corrected chi connectivity index (χ2v) is 7.96. The lowest BCUT2D eigenvalue weighted by Crippen LogP contribution is -2.20. The van der Waals surface area contributed by atoms with E-state index < -0.39 is 0 Å². The van der Waals surface area contributed by atoms with E-state index in [9.17, 15) is 0 Å². The summed E-state index contributed by atoms with van der Waals surface area (Å²) in [5, 5.41) is 7.32. The molecule has 0 saturated heterocycles. The van der Waals surface area contributed by atoms with Gasteiger partial charge in [-0.05, 0) is 22.5 Å². The molecule has 0 atom stereocenters. The van der Waals surface area contributed by atoms with Crippen molar-refractivity contribution >= 4 is 0 Å². The van der Waals surface area contributed by atoms with E-state index in [2.05, 4.69) is 63.9 Å². The molecule has 3 nitrogen and oxygen atoms in total. The molecule has 1 aromatic heterocycles. The highest BCUT2D eigenvalue weighted by molar-refractivity contribution is 5.75. The Morgan fingerprint density at radius 3 is 2.38 bits per heavy atom. The molecule has 0 radical (unpaired) electrons. The van der Waals surface area contributed by atoms with Gasteiger partial charge in [0.1, 0.15) is 12.4 Å². The van der Waals surface area contributed by atoms with Crippen molar-refractivity contribution in [1.29, 1.82) is 0 Å². The first kappa shape index (κ1) is 14.2. The average molecular weight is 284 g/mol. The largest absolute Gasteiger partial charge is 0.488 e. The average Bonchev–Trinajstić information content (AvgIpc) is 2.83. The minimum Gasteiger partial charge on any atom is -0.488 e. The van der Waals surface area contributed by atoms with Gasteiger partial charge in [-0.1, -0.05) is 47.6 Å². The van der Waals surface area contributed by atoms with Crippen LogP contribution in [0, 0.1) is 0 Å². The van der Waals surface area contributed by atoms with Crippen molar-refractivity contribution in [1.82, 2.24) is 10.2 Å². The monoisotopic (exact) mass is 284 g/mol. The van der Waals surface area contributed by atoms with E-state index in [1.165, 1.54) is 11.1 Å². The van der Waals surface area contributed by atoms with Gasteiger partial charge in [-0.15, -0.1) is 0 Å². The first-order valence-electron chi connectivity index (χ1n) is 7.52. The first-order valence-corrected chi connectivity index (χ1v) is 7.52. The van der Waals surface area contributed by atoms with Gasteiger partial charge in [0.05, 0.1) is 11.9 Å². The molecule has 0 unspecified atom stereocenters. The molecule has 1 aliphatic heterocycles. The van der Waals surface area contributed by atoms with Crippen LogP contribution in [0.25, 0.3) is 11.3 Å². The van der Waals surface area contributed by atoms with Crippen molar-refractivity contribution in [2.45, 2.75) is 59.0 Å². The number of hydrogen-bond acceptors (Lipinski definition) is 2. The van der Waals surface area contributed by atoms with Crippen LogP contribution in [-0.2, 0) is 17.4 Å². The van der Waals surface area contributed by atoms with E-state index in [0.717, 1.165) is 22.6 Å². The maximum atomic E-state index is 6.07. The van der Waals surface area contributed by atoms with Gasteiger partial charge in [-0.25, -0.2) is 0 Å². The Kier molecular flexibility index (Phi) is 2.94. The van der Waals surface area contributed by atoms with Crippen LogP contribution in [0.15, 0.2) is 18.3 Å². The van der Waals surface area contributed by atoms with Gasteiger partial charge in [0, 0.05) is 16.7 Å². The molecule has 0 fully saturated rings. The lowest BCUT2D eigenvalue weighted by Gasteiger charge is -2.31. The van der Waals surface area contributed by atoms with E-state index in [1.807, 2.05) is 6.20 Å². The van der Waals surface area contributed by atoms with Crippen LogP contribution >= 0.6 is 0 Å². The molecule has 0 amide bonds. The number of H-pyrrole nitrogens is 1.